The van der Waals surface area contributed by atoms with E-state index in [2.05, 4.69) is 20.8 Å². The number of ether oxygens (including phenoxy) is 1. The predicted octanol–water partition coefficient (Wildman–Crippen LogP) is 3.77. The Labute approximate surface area is 82.9 Å². The largest absolute Gasteiger partial charge is 0.376 e. The van der Waals surface area contributed by atoms with Crippen LogP contribution in [0.25, 0.3) is 0 Å². The maximum absolute atomic E-state index is 5.82. The van der Waals surface area contributed by atoms with Crippen LogP contribution in [0.1, 0.15) is 59.3 Å². The smallest absolute Gasteiger partial charge is 0.0578 e. The van der Waals surface area contributed by atoms with Gasteiger partial charge in [-0.1, -0.05) is 19.8 Å². The Balaban J connectivity index is 2.15. The van der Waals surface area contributed by atoms with Gasteiger partial charge in [-0.3, -0.25) is 0 Å². The molecular weight excluding hydrogens is 160 g/mol. The van der Waals surface area contributed by atoms with Crippen LogP contribution in [0.15, 0.2) is 0 Å². The number of hydrogen-bond donors (Lipinski definition) is 0. The molecule has 1 aliphatic carbocycles. The van der Waals surface area contributed by atoms with Crippen LogP contribution < -0.4 is 0 Å². The lowest BCUT2D eigenvalue weighted by Crippen LogP contribution is -2.24. The zero-order valence-electron chi connectivity index (χ0n) is 9.38. The molecule has 0 bridgehead atoms. The van der Waals surface area contributed by atoms with Crippen molar-refractivity contribution in [2.24, 2.45) is 5.92 Å². The molecule has 0 unspecified atom stereocenters. The first-order valence-corrected chi connectivity index (χ1v) is 5.87. The quantitative estimate of drug-likeness (QED) is 0.646. The van der Waals surface area contributed by atoms with Crippen LogP contribution in [-0.4, -0.2) is 12.2 Å². The van der Waals surface area contributed by atoms with Crippen molar-refractivity contribution in [3.63, 3.8) is 0 Å². The molecule has 0 heterocycles. The Bertz CT molecular complexity index is 123. The lowest BCUT2D eigenvalue weighted by molar-refractivity contribution is -0.0202. The van der Waals surface area contributed by atoms with Crippen molar-refractivity contribution in [2.45, 2.75) is 71.5 Å². The summed E-state index contributed by atoms with van der Waals surface area (Å²) < 4.78 is 5.82. The van der Waals surface area contributed by atoms with Gasteiger partial charge in [0, 0.05) is 0 Å². The predicted molar refractivity (Wildman–Crippen MR) is 56.9 cm³/mol. The van der Waals surface area contributed by atoms with E-state index in [0.29, 0.717) is 12.2 Å². The van der Waals surface area contributed by atoms with Gasteiger partial charge < -0.3 is 4.74 Å². The molecule has 0 amide bonds. The van der Waals surface area contributed by atoms with E-state index >= 15 is 0 Å². The summed E-state index contributed by atoms with van der Waals surface area (Å²) in [6.07, 6.45) is 9.12. The summed E-state index contributed by atoms with van der Waals surface area (Å²) in [6, 6.07) is 0. The van der Waals surface area contributed by atoms with Gasteiger partial charge in [0.2, 0.25) is 0 Å². The third-order valence-corrected chi connectivity index (χ3v) is 2.96. The Morgan fingerprint density at radius 3 is 2.23 bits per heavy atom. The van der Waals surface area contributed by atoms with E-state index in [1.54, 1.807) is 0 Å². The van der Waals surface area contributed by atoms with E-state index in [1.165, 1.54) is 38.5 Å². The summed E-state index contributed by atoms with van der Waals surface area (Å²) in [4.78, 5) is 0. The average Bonchev–Trinajstić information content (AvgIpc) is 2.08. The van der Waals surface area contributed by atoms with E-state index in [0.717, 1.165) is 5.92 Å². The van der Waals surface area contributed by atoms with E-state index in [4.69, 9.17) is 4.74 Å². The Hall–Kier alpha value is -0.0400. The van der Waals surface area contributed by atoms with Crippen LogP contribution in [0.4, 0.5) is 0 Å². The summed E-state index contributed by atoms with van der Waals surface area (Å²) in [5.41, 5.74) is 0. The molecule has 1 saturated carbocycles. The minimum atomic E-state index is 0.410. The van der Waals surface area contributed by atoms with Crippen molar-refractivity contribution < 1.29 is 4.74 Å². The van der Waals surface area contributed by atoms with Crippen molar-refractivity contribution in [1.29, 1.82) is 0 Å². The molecule has 0 N–H and O–H groups in total. The van der Waals surface area contributed by atoms with Gasteiger partial charge in [-0.15, -0.1) is 0 Å². The molecule has 0 aromatic rings. The highest BCUT2D eigenvalue weighted by atomic mass is 16.5. The zero-order chi connectivity index (χ0) is 9.68. The van der Waals surface area contributed by atoms with Crippen molar-refractivity contribution >= 4 is 0 Å². The van der Waals surface area contributed by atoms with Gasteiger partial charge in [0.05, 0.1) is 12.2 Å². The van der Waals surface area contributed by atoms with Crippen LogP contribution >= 0.6 is 0 Å². The summed E-state index contributed by atoms with van der Waals surface area (Å²) in [5, 5.41) is 0. The maximum Gasteiger partial charge on any atom is 0.0578 e. The van der Waals surface area contributed by atoms with E-state index < -0.39 is 0 Å². The first-order chi connectivity index (χ1) is 6.22. The van der Waals surface area contributed by atoms with Crippen molar-refractivity contribution in [3.8, 4) is 0 Å². The first kappa shape index (κ1) is 11.0. The second kappa shape index (κ2) is 5.64. The Morgan fingerprint density at radius 2 is 1.77 bits per heavy atom. The second-order valence-electron chi connectivity index (χ2n) is 4.62. The fraction of sp³-hybridized carbons (Fsp3) is 1.00. The van der Waals surface area contributed by atoms with Crippen LogP contribution in [0.3, 0.4) is 0 Å². The second-order valence-corrected chi connectivity index (χ2v) is 4.62. The standard InChI is InChI=1S/C12H24O/c1-4-5-11-6-8-12(9-7-11)13-10(2)3/h10-12H,4-9H2,1-3H3/t11-,12+. The molecule has 0 spiro atoms. The lowest BCUT2D eigenvalue weighted by atomic mass is 9.84. The SMILES string of the molecule is CCC[C@H]1CC[C@@H](OC(C)C)CC1. The molecule has 0 aliphatic heterocycles. The number of rotatable bonds is 4. The summed E-state index contributed by atoms with van der Waals surface area (Å²) >= 11 is 0. The average molecular weight is 184 g/mol. The van der Waals surface area contributed by atoms with Crippen molar-refractivity contribution in [1.82, 2.24) is 0 Å². The highest BCUT2D eigenvalue weighted by Crippen LogP contribution is 2.29. The summed E-state index contributed by atoms with van der Waals surface area (Å²) in [7, 11) is 0. The van der Waals surface area contributed by atoms with Gasteiger partial charge in [-0.05, 0) is 45.4 Å². The molecular formula is C12H24O. The Morgan fingerprint density at radius 1 is 1.15 bits per heavy atom. The molecule has 1 nitrogen and oxygen atoms in total. The van der Waals surface area contributed by atoms with Gasteiger partial charge in [-0.25, -0.2) is 0 Å². The molecule has 1 fully saturated rings. The minimum absolute atomic E-state index is 0.410. The van der Waals surface area contributed by atoms with Gasteiger partial charge in [0.1, 0.15) is 0 Å². The monoisotopic (exact) mass is 184 g/mol. The molecule has 0 aromatic heterocycles. The fourth-order valence-electron chi connectivity index (χ4n) is 2.35. The van der Waals surface area contributed by atoms with Crippen LogP contribution in [-0.2, 0) is 4.74 Å². The van der Waals surface area contributed by atoms with E-state index in [-0.39, 0.29) is 0 Å². The van der Waals surface area contributed by atoms with E-state index in [9.17, 15) is 0 Å². The lowest BCUT2D eigenvalue weighted by Gasteiger charge is -2.29. The molecule has 0 saturated heterocycles. The van der Waals surface area contributed by atoms with Gasteiger partial charge in [0.15, 0.2) is 0 Å². The third-order valence-electron chi connectivity index (χ3n) is 2.96. The maximum atomic E-state index is 5.82. The molecule has 0 aromatic carbocycles. The van der Waals surface area contributed by atoms with Crippen LogP contribution in [0, 0.1) is 5.92 Å². The highest BCUT2D eigenvalue weighted by molar-refractivity contribution is 4.72. The topological polar surface area (TPSA) is 9.23 Å². The molecule has 13 heavy (non-hydrogen) atoms. The zero-order valence-corrected chi connectivity index (χ0v) is 9.38. The molecule has 0 atom stereocenters. The molecule has 78 valence electrons. The van der Waals surface area contributed by atoms with Crippen LogP contribution in [0.2, 0.25) is 0 Å². The Kier molecular flexibility index (Phi) is 4.79. The van der Waals surface area contributed by atoms with Crippen molar-refractivity contribution in [3.05, 3.63) is 0 Å². The van der Waals surface area contributed by atoms with Gasteiger partial charge in [-0.2, -0.15) is 0 Å². The molecule has 1 rings (SSSR count). The van der Waals surface area contributed by atoms with Gasteiger partial charge in [0.25, 0.3) is 0 Å². The first-order valence-electron chi connectivity index (χ1n) is 5.87. The molecule has 1 heteroatoms. The van der Waals surface area contributed by atoms with Gasteiger partial charge >= 0.3 is 0 Å². The van der Waals surface area contributed by atoms with Crippen molar-refractivity contribution in [2.75, 3.05) is 0 Å². The fourth-order valence-corrected chi connectivity index (χ4v) is 2.35. The number of hydrogen-bond acceptors (Lipinski definition) is 1. The molecule has 0 radical (unpaired) electrons. The van der Waals surface area contributed by atoms with Crippen LogP contribution in [0.5, 0.6) is 0 Å². The summed E-state index contributed by atoms with van der Waals surface area (Å²) in [5.74, 6) is 0.997. The highest BCUT2D eigenvalue weighted by Gasteiger charge is 2.21. The molecule has 1 aliphatic rings. The third kappa shape index (κ3) is 4.12. The summed E-state index contributed by atoms with van der Waals surface area (Å²) in [6.45, 7) is 6.56. The minimum Gasteiger partial charge on any atom is -0.376 e. The normalized spacial score (nSPS) is 29.5. The van der Waals surface area contributed by atoms with E-state index in [1.807, 2.05) is 0 Å².